The van der Waals surface area contributed by atoms with E-state index in [0.29, 0.717) is 0 Å². The zero-order valence-electron chi connectivity index (χ0n) is 25.9. The van der Waals surface area contributed by atoms with E-state index in [4.69, 9.17) is 0 Å². The molecule has 8 rings (SSSR count). The molecule has 1 radical (unpaired) electrons. The third kappa shape index (κ3) is 5.71. The zero-order valence-corrected chi connectivity index (χ0v) is 31.9. The van der Waals surface area contributed by atoms with Crippen LogP contribution in [0.25, 0.3) is 32.8 Å². The van der Waals surface area contributed by atoms with Gasteiger partial charge in [0.1, 0.15) is 0 Å². The van der Waals surface area contributed by atoms with Gasteiger partial charge < -0.3 is 29.4 Å². The number of benzene rings is 3. The Kier molecular flexibility index (Phi) is 10.5. The average Bonchev–Trinajstić information content (AvgIpc) is 3.57. The summed E-state index contributed by atoms with van der Waals surface area (Å²) in [5.74, 6) is 0. The van der Waals surface area contributed by atoms with Gasteiger partial charge in [-0.3, -0.25) is 0 Å². The monoisotopic (exact) mass is 702 g/mol. The molecule has 3 heterocycles. The molecule has 0 amide bonds. The van der Waals surface area contributed by atoms with E-state index in [2.05, 4.69) is 149 Å². The second-order valence-corrected chi connectivity index (χ2v) is 22.7. The molecule has 0 saturated carbocycles. The van der Waals surface area contributed by atoms with E-state index in [0.717, 1.165) is 5.54 Å². The number of allylic oxidation sites excluding steroid dienone is 1. The van der Waals surface area contributed by atoms with Gasteiger partial charge in [-0.15, -0.1) is 34.5 Å². The van der Waals surface area contributed by atoms with Gasteiger partial charge in [-0.1, -0.05) is 110 Å². The van der Waals surface area contributed by atoms with Crippen molar-refractivity contribution in [3.63, 3.8) is 0 Å². The fourth-order valence-corrected chi connectivity index (χ4v) is 12.7. The van der Waals surface area contributed by atoms with E-state index in [1.54, 1.807) is 22.0 Å². The molecule has 215 valence electrons. The van der Waals surface area contributed by atoms with E-state index < -0.39 is 16.1 Å². The minimum atomic E-state index is -1.21. The largest absolute Gasteiger partial charge is 3.00 e. The molecular weight excluding hydrogens is 665 g/mol. The standard InChI is InChI=1S/C19H21Si.C17H19NSi.2ClH.Zr/c1-14-12-16-6-5-7-18(19(16)13-14)15-8-10-17(11-9-15)20(2,3)4;1-11-10-14-15(17-12(2)16(14)19(17,3)4)18(11)13-8-6-5-7-9-13;;;/h5-13H,1-4H3;5-10,17H,1-4H3;2*1H;/q-1;;;;+3/p-2. The van der Waals surface area contributed by atoms with Crippen LogP contribution in [0, 0.1) is 13.8 Å². The molecule has 0 fully saturated rings. The average molecular weight is 705 g/mol. The third-order valence-electron chi connectivity index (χ3n) is 8.93. The van der Waals surface area contributed by atoms with Gasteiger partial charge in [0.2, 0.25) is 0 Å². The van der Waals surface area contributed by atoms with Crippen molar-refractivity contribution in [1.82, 2.24) is 4.57 Å². The molecule has 42 heavy (non-hydrogen) atoms. The van der Waals surface area contributed by atoms with Gasteiger partial charge in [-0.05, 0) is 43.2 Å². The van der Waals surface area contributed by atoms with E-state index in [9.17, 15) is 0 Å². The number of hydrogen-bond acceptors (Lipinski definition) is 0. The maximum Gasteiger partial charge on any atom is 3.00 e. The fourth-order valence-electron chi connectivity index (χ4n) is 7.22. The summed E-state index contributed by atoms with van der Waals surface area (Å²) in [6.45, 7) is 18.9. The number of aryl methyl sites for hydroxylation is 2. The summed E-state index contributed by atoms with van der Waals surface area (Å²) in [4.78, 5) is 0. The van der Waals surface area contributed by atoms with Crippen molar-refractivity contribution >= 4 is 37.3 Å². The summed E-state index contributed by atoms with van der Waals surface area (Å²) in [7, 11) is -2.40. The van der Waals surface area contributed by atoms with Crippen molar-refractivity contribution in [2.24, 2.45) is 0 Å². The van der Waals surface area contributed by atoms with Crippen LogP contribution in [-0.4, -0.2) is 20.7 Å². The third-order valence-corrected chi connectivity index (χ3v) is 15.1. The molecule has 1 aliphatic carbocycles. The van der Waals surface area contributed by atoms with Crippen molar-refractivity contribution in [2.45, 2.75) is 59.0 Å². The number of fused-ring (bicyclic) bond motifs is 1. The predicted octanol–water partition coefficient (Wildman–Crippen LogP) is 3.54. The molecule has 3 aliphatic rings. The summed E-state index contributed by atoms with van der Waals surface area (Å²) < 4.78 is 2.48. The Labute approximate surface area is 285 Å². The first kappa shape index (κ1) is 34.7. The number of nitrogens with zero attached hydrogens (tertiary/aromatic N) is 1. The Balaban J connectivity index is 0.000000215. The van der Waals surface area contributed by atoms with Crippen molar-refractivity contribution in [3.05, 3.63) is 119 Å². The number of rotatable bonds is 3. The molecule has 0 spiro atoms. The van der Waals surface area contributed by atoms with Gasteiger partial charge in [0, 0.05) is 22.6 Å². The van der Waals surface area contributed by atoms with Crippen LogP contribution in [0.1, 0.15) is 35.0 Å². The molecule has 0 saturated heterocycles. The molecule has 6 heteroatoms. The number of para-hydroxylation sites is 1. The topological polar surface area (TPSA) is 4.93 Å². The van der Waals surface area contributed by atoms with Crippen LogP contribution < -0.4 is 30.0 Å². The van der Waals surface area contributed by atoms with Crippen LogP contribution in [0.3, 0.4) is 0 Å². The summed E-state index contributed by atoms with van der Waals surface area (Å²) in [5, 5.41) is 5.96. The van der Waals surface area contributed by atoms with E-state index >= 15 is 0 Å². The van der Waals surface area contributed by atoms with Crippen LogP contribution >= 0.6 is 0 Å². The molecular formula is C36H40Cl2NSi2Zr. The van der Waals surface area contributed by atoms with Crippen molar-refractivity contribution in [3.8, 4) is 16.8 Å². The number of halogens is 2. The Morgan fingerprint density at radius 2 is 1.40 bits per heavy atom. The Morgan fingerprint density at radius 1 is 0.762 bits per heavy atom. The summed E-state index contributed by atoms with van der Waals surface area (Å²) >= 11 is 0. The van der Waals surface area contributed by atoms with Gasteiger partial charge >= 0.3 is 26.2 Å². The van der Waals surface area contributed by atoms with Gasteiger partial charge in [-0.2, -0.15) is 6.07 Å². The van der Waals surface area contributed by atoms with Crippen molar-refractivity contribution in [1.29, 1.82) is 0 Å². The molecule has 1 atom stereocenters. The molecule has 5 aromatic rings. The minimum Gasteiger partial charge on any atom is -1.00 e. The van der Waals surface area contributed by atoms with Crippen molar-refractivity contribution < 1.29 is 51.0 Å². The quantitative estimate of drug-likeness (QED) is 0.200. The SMILES string of the molecule is CC1=C2c3cc(C)n(-c4ccccc4)c3C1[Si]2(C)C.Cc1cc2c(-c3ccc([Si](C)(C)C)cc3)cccc2[cH-]1.[Cl-].[Cl-].[Zr+3]. The summed E-state index contributed by atoms with van der Waals surface area (Å²) in [6, 6.07) is 33.5. The molecule has 4 aromatic carbocycles. The zero-order chi connectivity index (χ0) is 27.7. The van der Waals surface area contributed by atoms with Crippen molar-refractivity contribution in [2.75, 3.05) is 0 Å². The Morgan fingerprint density at radius 3 is 2.00 bits per heavy atom. The van der Waals surface area contributed by atoms with Gasteiger partial charge in [0.05, 0.1) is 16.1 Å². The Hall–Kier alpha value is -1.81. The fraction of sp³-hybridized carbons (Fsp3) is 0.250. The first-order valence-electron chi connectivity index (χ1n) is 14.2. The van der Waals surface area contributed by atoms with Gasteiger partial charge in [-0.25, -0.2) is 0 Å². The van der Waals surface area contributed by atoms with Crippen LogP contribution in [0.15, 0.2) is 96.6 Å². The normalized spacial score (nSPS) is 15.9. The number of aromatic nitrogens is 1. The van der Waals surface area contributed by atoms with Gasteiger partial charge in [0.15, 0.2) is 0 Å². The maximum absolute atomic E-state index is 2.52. The molecule has 1 aromatic heterocycles. The smallest absolute Gasteiger partial charge is 1.00 e. The molecule has 2 bridgehead atoms. The molecule has 0 N–H and O–H groups in total. The van der Waals surface area contributed by atoms with E-state index in [1.165, 1.54) is 44.0 Å². The van der Waals surface area contributed by atoms with Crippen LogP contribution in [0.5, 0.6) is 0 Å². The van der Waals surface area contributed by atoms with Crippen LogP contribution in [0.2, 0.25) is 32.7 Å². The van der Waals surface area contributed by atoms with E-state index in [1.807, 2.05) is 0 Å². The maximum atomic E-state index is 2.52. The summed E-state index contributed by atoms with van der Waals surface area (Å²) in [5.41, 5.74) is 12.2. The van der Waals surface area contributed by atoms with E-state index in [-0.39, 0.29) is 51.0 Å². The first-order chi connectivity index (χ1) is 18.5. The second kappa shape index (κ2) is 12.7. The first-order valence-corrected chi connectivity index (χ1v) is 20.8. The van der Waals surface area contributed by atoms with Crippen LogP contribution in [0.4, 0.5) is 0 Å². The predicted molar refractivity (Wildman–Crippen MR) is 176 cm³/mol. The molecule has 1 nitrogen and oxygen atoms in total. The van der Waals surface area contributed by atoms with Gasteiger partial charge in [0.25, 0.3) is 0 Å². The summed E-state index contributed by atoms with van der Waals surface area (Å²) in [6.07, 6.45) is 0. The Bertz CT molecular complexity index is 1740. The minimum absolute atomic E-state index is 0. The van der Waals surface area contributed by atoms with Crippen LogP contribution in [-0.2, 0) is 26.2 Å². The molecule has 1 unspecified atom stereocenters. The number of hydrogen-bond donors (Lipinski definition) is 0. The second-order valence-electron chi connectivity index (χ2n) is 13.1. The molecule has 2 aliphatic heterocycles.